The van der Waals surface area contributed by atoms with Gasteiger partial charge in [0.15, 0.2) is 6.10 Å². The van der Waals surface area contributed by atoms with Gasteiger partial charge in [-0.3, -0.25) is 33.7 Å². The Hall–Kier alpha value is -4.65. The first-order valence-corrected chi connectivity index (χ1v) is 19.6. The van der Waals surface area contributed by atoms with E-state index in [-0.39, 0.29) is 62.2 Å². The molecular weight excluding hydrogens is 883 g/mol. The van der Waals surface area contributed by atoms with Crippen LogP contribution in [0.25, 0.3) is 0 Å². The number of carboxylic acids is 1. The number of likely N-dealkylation sites (tertiary alicyclic amines) is 2. The lowest BCUT2D eigenvalue weighted by Crippen LogP contribution is -2.61. The SMILES string of the molecule is CNC(=O)C1CCN(C(=O)OCc2ccc(O[C@@H]3O[C@H](C(=O)O)[C@@H](O)[C@H](O)[C@H]3O)c(NC(=O)CCNC(=O)CCNC(=O)CN3C(=O)CC(C(C)(C)I)C3=O)c2)CC1. The number of carboxylic acid groups (broad SMARTS) is 1. The number of carbonyl (C=O) groups is 8. The van der Waals surface area contributed by atoms with Gasteiger partial charge in [0.2, 0.25) is 41.7 Å². The van der Waals surface area contributed by atoms with Gasteiger partial charge in [-0.05, 0) is 30.5 Å². The highest BCUT2D eigenvalue weighted by molar-refractivity contribution is 14.1. The fourth-order valence-corrected chi connectivity index (χ4v) is 6.91. The first-order chi connectivity index (χ1) is 27.3. The van der Waals surface area contributed by atoms with Gasteiger partial charge in [0.25, 0.3) is 0 Å². The van der Waals surface area contributed by atoms with Crippen LogP contribution in [0.3, 0.4) is 0 Å². The van der Waals surface area contributed by atoms with Crippen LogP contribution in [0.2, 0.25) is 0 Å². The van der Waals surface area contributed by atoms with Crippen molar-refractivity contribution in [1.29, 1.82) is 0 Å². The summed E-state index contributed by atoms with van der Waals surface area (Å²) in [6.45, 7) is 3.27. The lowest BCUT2D eigenvalue weighted by molar-refractivity contribution is -0.271. The molecule has 1 aromatic carbocycles. The summed E-state index contributed by atoms with van der Waals surface area (Å²) in [6.07, 6.45) is -9.77. The number of anilines is 1. The molecule has 3 fully saturated rings. The number of amides is 7. The predicted molar refractivity (Wildman–Crippen MR) is 207 cm³/mol. The first kappa shape index (κ1) is 46.0. The molecule has 8 N–H and O–H groups in total. The molecule has 0 aliphatic carbocycles. The van der Waals surface area contributed by atoms with Crippen molar-refractivity contribution in [3.8, 4) is 5.75 Å². The number of halogens is 1. The minimum atomic E-state index is -1.97. The molecule has 3 aliphatic heterocycles. The molecule has 22 heteroatoms. The van der Waals surface area contributed by atoms with Gasteiger partial charge in [-0.2, -0.15) is 0 Å². The number of carbonyl (C=O) groups excluding carboxylic acids is 7. The second kappa shape index (κ2) is 20.4. The van der Waals surface area contributed by atoms with Crippen molar-refractivity contribution in [2.24, 2.45) is 11.8 Å². The minimum absolute atomic E-state index is 0.0101. The second-order valence-electron chi connectivity index (χ2n) is 14.5. The number of hydrogen-bond donors (Lipinski definition) is 8. The van der Waals surface area contributed by atoms with Crippen LogP contribution in [0.4, 0.5) is 10.5 Å². The van der Waals surface area contributed by atoms with E-state index in [1.807, 2.05) is 13.8 Å². The zero-order valence-corrected chi connectivity index (χ0v) is 34.3. The van der Waals surface area contributed by atoms with E-state index in [0.717, 1.165) is 4.90 Å². The number of benzene rings is 1. The number of hydrogen-bond acceptors (Lipinski definition) is 14. The molecule has 4 rings (SSSR count). The number of nitrogens with zero attached hydrogens (tertiary/aromatic N) is 2. The summed E-state index contributed by atoms with van der Waals surface area (Å²) >= 11 is 2.08. The third-order valence-electron chi connectivity index (χ3n) is 9.83. The minimum Gasteiger partial charge on any atom is -0.479 e. The Labute approximate surface area is 346 Å². The van der Waals surface area contributed by atoms with Crippen LogP contribution >= 0.6 is 22.6 Å². The molecule has 0 radical (unpaired) electrons. The number of aliphatic hydroxyl groups is 3. The van der Waals surface area contributed by atoms with Crippen LogP contribution in [-0.2, 0) is 49.6 Å². The van der Waals surface area contributed by atoms with Crippen molar-refractivity contribution in [2.45, 2.75) is 86.7 Å². The number of alkyl halides is 1. The number of aliphatic carboxylic acids is 1. The van der Waals surface area contributed by atoms with Gasteiger partial charge in [-0.1, -0.05) is 42.5 Å². The third kappa shape index (κ3) is 12.2. The van der Waals surface area contributed by atoms with Crippen LogP contribution in [0.1, 0.15) is 51.5 Å². The van der Waals surface area contributed by atoms with Crippen LogP contribution < -0.4 is 26.0 Å². The molecule has 0 aromatic heterocycles. The molecule has 3 saturated heterocycles. The molecule has 1 aromatic rings. The molecule has 21 nitrogen and oxygen atoms in total. The Bertz CT molecular complexity index is 1730. The fraction of sp³-hybridized carbons (Fsp3) is 0.611. The van der Waals surface area contributed by atoms with Crippen molar-refractivity contribution in [1.82, 2.24) is 25.8 Å². The standard InChI is InChI=1S/C36H49IN6O15/c1-36(2,37)20-15-26(47)43(32(20)52)16-25(46)40-10-6-23(44)39-11-7-24(45)41-21-14-18(17-56-35(55)42-12-8-19(9-13-42)31(51)38-3)4-5-22(21)57-34-29(50)27(48)28(49)30(58-34)33(53)54/h4-5,14,19-20,27-30,34,48-50H,6-13,15-17H2,1-3H3,(H,38,51)(H,39,44)(H,40,46)(H,41,45)(H,53,54)/t20?,27-,28-,29+,30-,34+/m0/s1. The van der Waals surface area contributed by atoms with Crippen LogP contribution in [0.5, 0.6) is 5.75 Å². The average molecular weight is 933 g/mol. The summed E-state index contributed by atoms with van der Waals surface area (Å²) in [5, 5.41) is 50.4. The summed E-state index contributed by atoms with van der Waals surface area (Å²) in [4.78, 5) is 102. The van der Waals surface area contributed by atoms with Crippen molar-refractivity contribution in [3.63, 3.8) is 0 Å². The molecule has 0 bridgehead atoms. The molecule has 6 atom stereocenters. The number of nitrogens with one attached hydrogen (secondary N) is 4. The number of aliphatic hydroxyl groups excluding tert-OH is 3. The maximum absolute atomic E-state index is 13.0. The topological polar surface area (TPSA) is 300 Å². The molecule has 3 heterocycles. The molecule has 1 unspecified atom stereocenters. The largest absolute Gasteiger partial charge is 0.479 e. The highest BCUT2D eigenvalue weighted by atomic mass is 127. The van der Waals surface area contributed by atoms with Gasteiger partial charge in [-0.15, -0.1) is 0 Å². The Morgan fingerprint density at radius 2 is 1.57 bits per heavy atom. The Morgan fingerprint density at radius 3 is 2.17 bits per heavy atom. The Balaban J connectivity index is 1.32. The van der Waals surface area contributed by atoms with E-state index in [2.05, 4.69) is 43.9 Å². The summed E-state index contributed by atoms with van der Waals surface area (Å²) in [6, 6.07) is 4.14. The van der Waals surface area contributed by atoms with Crippen molar-refractivity contribution >= 4 is 75.8 Å². The average Bonchev–Trinajstić information content (AvgIpc) is 3.46. The lowest BCUT2D eigenvalue weighted by atomic mass is 9.94. The van der Waals surface area contributed by atoms with Gasteiger partial charge in [-0.25, -0.2) is 9.59 Å². The Kier molecular flexibility index (Phi) is 16.2. The number of rotatable bonds is 16. The maximum Gasteiger partial charge on any atom is 0.410 e. The van der Waals surface area contributed by atoms with E-state index in [0.29, 0.717) is 31.5 Å². The summed E-state index contributed by atoms with van der Waals surface area (Å²) < 4.78 is 15.9. The quantitative estimate of drug-likeness (QED) is 0.0537. The third-order valence-corrected chi connectivity index (χ3v) is 10.6. The van der Waals surface area contributed by atoms with Crippen molar-refractivity contribution in [2.75, 3.05) is 45.1 Å². The van der Waals surface area contributed by atoms with Crippen LogP contribution in [0, 0.1) is 11.8 Å². The fourth-order valence-electron chi connectivity index (χ4n) is 6.42. The van der Waals surface area contributed by atoms with E-state index in [9.17, 15) is 58.8 Å². The van der Waals surface area contributed by atoms with Gasteiger partial charge >= 0.3 is 12.1 Å². The smallest absolute Gasteiger partial charge is 0.410 e. The summed E-state index contributed by atoms with van der Waals surface area (Å²) in [5.74, 6) is -5.33. The number of piperidine rings is 1. The van der Waals surface area contributed by atoms with E-state index in [4.69, 9.17) is 14.2 Å². The monoisotopic (exact) mass is 932 g/mol. The van der Waals surface area contributed by atoms with E-state index >= 15 is 0 Å². The number of imide groups is 1. The van der Waals surface area contributed by atoms with Crippen molar-refractivity contribution in [3.05, 3.63) is 23.8 Å². The van der Waals surface area contributed by atoms with Gasteiger partial charge in [0.05, 0.1) is 11.6 Å². The van der Waals surface area contributed by atoms with E-state index in [1.165, 1.54) is 23.1 Å². The van der Waals surface area contributed by atoms with Gasteiger partial charge in [0.1, 0.15) is 37.2 Å². The molecular formula is C36H49IN6O15. The van der Waals surface area contributed by atoms with E-state index < -0.39 is 88.2 Å². The molecule has 0 saturated carbocycles. The summed E-state index contributed by atoms with van der Waals surface area (Å²) in [7, 11) is 1.54. The highest BCUT2D eigenvalue weighted by Gasteiger charge is 2.48. The second-order valence-corrected chi connectivity index (χ2v) is 17.3. The number of ether oxygens (including phenoxy) is 3. The highest BCUT2D eigenvalue weighted by Crippen LogP contribution is 2.36. The van der Waals surface area contributed by atoms with Gasteiger partial charge < -0.3 is 60.8 Å². The molecule has 320 valence electrons. The van der Waals surface area contributed by atoms with Gasteiger partial charge in [0, 0.05) is 61.8 Å². The summed E-state index contributed by atoms with van der Waals surface area (Å²) in [5.41, 5.74) is 0.313. The normalized spacial score (nSPS) is 23.8. The maximum atomic E-state index is 13.0. The molecule has 3 aliphatic rings. The molecule has 58 heavy (non-hydrogen) atoms. The molecule has 0 spiro atoms. The zero-order chi connectivity index (χ0) is 42.9. The van der Waals surface area contributed by atoms with Crippen molar-refractivity contribution < 1.29 is 73.0 Å². The van der Waals surface area contributed by atoms with Crippen LogP contribution in [-0.4, -0.2) is 152 Å². The molecule has 7 amide bonds. The predicted octanol–water partition coefficient (Wildman–Crippen LogP) is -1.41. The zero-order valence-electron chi connectivity index (χ0n) is 32.1. The Morgan fingerprint density at radius 1 is 0.931 bits per heavy atom. The van der Waals surface area contributed by atoms with Crippen LogP contribution in [0.15, 0.2) is 18.2 Å². The first-order valence-electron chi connectivity index (χ1n) is 18.5. The van der Waals surface area contributed by atoms with E-state index in [1.54, 1.807) is 7.05 Å². The lowest BCUT2D eigenvalue weighted by Gasteiger charge is -2.38.